The molecular weight excluding hydrogens is 268 g/mol. The zero-order valence-electron chi connectivity index (χ0n) is 8.94. The summed E-state index contributed by atoms with van der Waals surface area (Å²) >= 11 is 7.34. The molecule has 1 unspecified atom stereocenters. The van der Waals surface area contributed by atoms with Gasteiger partial charge >= 0.3 is 0 Å². The van der Waals surface area contributed by atoms with Crippen molar-refractivity contribution in [1.82, 2.24) is 5.32 Å². The first-order valence-electron chi connectivity index (χ1n) is 4.87. The Hall–Kier alpha value is -0.140. The molecule has 1 atom stereocenters. The Balaban J connectivity index is 2.28. The van der Waals surface area contributed by atoms with Crippen LogP contribution in [-0.4, -0.2) is 20.7 Å². The van der Waals surface area contributed by atoms with Gasteiger partial charge in [-0.1, -0.05) is 11.6 Å². The molecule has 7 heteroatoms. The summed E-state index contributed by atoms with van der Waals surface area (Å²) in [6.07, 6.45) is 0.516. The van der Waals surface area contributed by atoms with E-state index in [1.165, 1.54) is 11.3 Å². The van der Waals surface area contributed by atoms with E-state index < -0.39 is 10.0 Å². The van der Waals surface area contributed by atoms with E-state index in [1.807, 2.05) is 19.1 Å². The molecule has 0 aliphatic carbocycles. The van der Waals surface area contributed by atoms with Crippen LogP contribution in [0.3, 0.4) is 0 Å². The number of hydrogen-bond donors (Lipinski definition) is 2. The van der Waals surface area contributed by atoms with Crippen LogP contribution in [0.15, 0.2) is 12.1 Å². The molecule has 1 aromatic heterocycles. The average Bonchev–Trinajstić information content (AvgIpc) is 2.57. The molecule has 0 fully saturated rings. The summed E-state index contributed by atoms with van der Waals surface area (Å²) in [5.41, 5.74) is 0. The van der Waals surface area contributed by atoms with Crippen LogP contribution >= 0.6 is 22.9 Å². The maximum atomic E-state index is 10.7. The van der Waals surface area contributed by atoms with E-state index in [0.717, 1.165) is 9.21 Å². The predicted molar refractivity (Wildman–Crippen MR) is 68.3 cm³/mol. The lowest BCUT2D eigenvalue weighted by Crippen LogP contribution is -2.23. The SMILES string of the molecule is CC(NCCCS(N)(=O)=O)c1ccc(Cl)s1. The lowest BCUT2D eigenvalue weighted by atomic mass is 10.2. The minimum absolute atomic E-state index is 0.0118. The Kier molecular flexibility index (Phi) is 5.20. The van der Waals surface area contributed by atoms with Gasteiger partial charge in [0.05, 0.1) is 10.1 Å². The molecule has 1 rings (SSSR count). The second-order valence-electron chi connectivity index (χ2n) is 3.54. The van der Waals surface area contributed by atoms with Gasteiger partial charge in [-0.05, 0) is 32.0 Å². The third-order valence-corrected chi connectivity index (χ3v) is 4.35. The summed E-state index contributed by atoms with van der Waals surface area (Å²) in [4.78, 5) is 1.14. The number of sulfonamides is 1. The van der Waals surface area contributed by atoms with Crippen LogP contribution in [0.2, 0.25) is 4.34 Å². The lowest BCUT2D eigenvalue weighted by molar-refractivity contribution is 0.566. The third kappa shape index (κ3) is 5.27. The maximum absolute atomic E-state index is 10.7. The van der Waals surface area contributed by atoms with Crippen LogP contribution in [0.1, 0.15) is 24.3 Å². The van der Waals surface area contributed by atoms with E-state index in [2.05, 4.69) is 5.32 Å². The Labute approximate surface area is 105 Å². The van der Waals surface area contributed by atoms with Gasteiger partial charge < -0.3 is 5.32 Å². The molecule has 0 radical (unpaired) electrons. The zero-order chi connectivity index (χ0) is 12.2. The van der Waals surface area contributed by atoms with Crippen molar-refractivity contribution in [2.45, 2.75) is 19.4 Å². The number of rotatable bonds is 6. The second kappa shape index (κ2) is 5.97. The summed E-state index contributed by atoms with van der Waals surface area (Å²) in [7, 11) is -3.34. The molecule has 0 aliphatic heterocycles. The highest BCUT2D eigenvalue weighted by molar-refractivity contribution is 7.89. The number of thiophene rings is 1. The fourth-order valence-electron chi connectivity index (χ4n) is 1.25. The molecule has 16 heavy (non-hydrogen) atoms. The van der Waals surface area contributed by atoms with E-state index in [4.69, 9.17) is 16.7 Å². The van der Waals surface area contributed by atoms with Gasteiger partial charge in [-0.3, -0.25) is 0 Å². The van der Waals surface area contributed by atoms with Crippen molar-refractivity contribution in [2.75, 3.05) is 12.3 Å². The van der Waals surface area contributed by atoms with Crippen LogP contribution in [0, 0.1) is 0 Å². The molecule has 0 spiro atoms. The fraction of sp³-hybridized carbons (Fsp3) is 0.556. The third-order valence-electron chi connectivity index (χ3n) is 2.08. The van der Waals surface area contributed by atoms with Crippen molar-refractivity contribution in [3.8, 4) is 0 Å². The van der Waals surface area contributed by atoms with Crippen LogP contribution in [0.4, 0.5) is 0 Å². The molecule has 0 bridgehead atoms. The number of hydrogen-bond acceptors (Lipinski definition) is 4. The highest BCUT2D eigenvalue weighted by Crippen LogP contribution is 2.26. The first kappa shape index (κ1) is 13.9. The molecule has 3 N–H and O–H groups in total. The first-order valence-corrected chi connectivity index (χ1v) is 7.78. The molecule has 4 nitrogen and oxygen atoms in total. The molecule has 1 aromatic rings. The van der Waals surface area contributed by atoms with E-state index >= 15 is 0 Å². The molecule has 0 amide bonds. The fourth-order valence-corrected chi connectivity index (χ4v) is 2.89. The average molecular weight is 283 g/mol. The van der Waals surface area contributed by atoms with Crippen LogP contribution < -0.4 is 10.5 Å². The number of nitrogens with two attached hydrogens (primary N) is 1. The molecule has 1 heterocycles. The van der Waals surface area contributed by atoms with Gasteiger partial charge in [0.2, 0.25) is 10.0 Å². The van der Waals surface area contributed by atoms with Gasteiger partial charge in [0.15, 0.2) is 0 Å². The second-order valence-corrected chi connectivity index (χ2v) is 7.02. The number of primary sulfonamides is 1. The van der Waals surface area contributed by atoms with Gasteiger partial charge in [-0.15, -0.1) is 11.3 Å². The van der Waals surface area contributed by atoms with Crippen LogP contribution in [-0.2, 0) is 10.0 Å². The standard InChI is InChI=1S/C9H15ClN2O2S2/c1-7(8-3-4-9(10)15-8)12-5-2-6-16(11,13)14/h3-4,7,12H,2,5-6H2,1H3,(H2,11,13,14). The van der Waals surface area contributed by atoms with Crippen molar-refractivity contribution in [3.05, 3.63) is 21.3 Å². The van der Waals surface area contributed by atoms with Gasteiger partial charge in [0, 0.05) is 10.9 Å². The van der Waals surface area contributed by atoms with Crippen molar-refractivity contribution in [3.63, 3.8) is 0 Å². The molecular formula is C9H15ClN2O2S2. The Morgan fingerprint density at radius 3 is 2.75 bits per heavy atom. The zero-order valence-corrected chi connectivity index (χ0v) is 11.3. The summed E-state index contributed by atoms with van der Waals surface area (Å²) in [6.45, 7) is 2.63. The van der Waals surface area contributed by atoms with Gasteiger partial charge in [0.25, 0.3) is 0 Å². The lowest BCUT2D eigenvalue weighted by Gasteiger charge is -2.11. The van der Waals surface area contributed by atoms with E-state index in [1.54, 1.807) is 0 Å². The molecule has 0 saturated heterocycles. The normalized spacial score (nSPS) is 13.9. The molecule has 0 aliphatic rings. The molecule has 0 aromatic carbocycles. The predicted octanol–water partition coefficient (Wildman–Crippen LogP) is 1.73. The number of nitrogens with one attached hydrogen (secondary N) is 1. The Bertz CT molecular complexity index is 430. The highest BCUT2D eigenvalue weighted by atomic mass is 35.5. The molecule has 92 valence electrons. The highest BCUT2D eigenvalue weighted by Gasteiger charge is 2.08. The van der Waals surface area contributed by atoms with Crippen molar-refractivity contribution in [1.29, 1.82) is 0 Å². The number of halogens is 1. The van der Waals surface area contributed by atoms with Gasteiger partial charge in [0.1, 0.15) is 0 Å². The molecule has 0 saturated carbocycles. The van der Waals surface area contributed by atoms with E-state index in [9.17, 15) is 8.42 Å². The van der Waals surface area contributed by atoms with E-state index in [-0.39, 0.29) is 11.8 Å². The summed E-state index contributed by atoms with van der Waals surface area (Å²) < 4.78 is 22.1. The van der Waals surface area contributed by atoms with Crippen molar-refractivity contribution >= 4 is 33.0 Å². The quantitative estimate of drug-likeness (QED) is 0.781. The monoisotopic (exact) mass is 282 g/mol. The van der Waals surface area contributed by atoms with Gasteiger partial charge in [-0.25, -0.2) is 13.6 Å². The van der Waals surface area contributed by atoms with Crippen molar-refractivity contribution in [2.24, 2.45) is 5.14 Å². The minimum atomic E-state index is -3.34. The Morgan fingerprint density at radius 2 is 2.25 bits per heavy atom. The van der Waals surface area contributed by atoms with Crippen LogP contribution in [0.5, 0.6) is 0 Å². The van der Waals surface area contributed by atoms with Gasteiger partial charge in [-0.2, -0.15) is 0 Å². The topological polar surface area (TPSA) is 72.2 Å². The first-order chi connectivity index (χ1) is 7.38. The summed E-state index contributed by atoms with van der Waals surface area (Å²) in [6, 6.07) is 3.99. The van der Waals surface area contributed by atoms with Crippen molar-refractivity contribution < 1.29 is 8.42 Å². The van der Waals surface area contributed by atoms with E-state index in [0.29, 0.717) is 13.0 Å². The maximum Gasteiger partial charge on any atom is 0.209 e. The summed E-state index contributed by atoms with van der Waals surface area (Å²) in [5.74, 6) is 0.0118. The smallest absolute Gasteiger partial charge is 0.209 e. The minimum Gasteiger partial charge on any atom is -0.309 e. The Morgan fingerprint density at radius 1 is 1.56 bits per heavy atom. The summed E-state index contributed by atoms with van der Waals surface area (Å²) in [5, 5.41) is 8.11. The van der Waals surface area contributed by atoms with Crippen LogP contribution in [0.25, 0.3) is 0 Å². The largest absolute Gasteiger partial charge is 0.309 e.